The van der Waals surface area contributed by atoms with E-state index in [-0.39, 0.29) is 5.82 Å². The van der Waals surface area contributed by atoms with E-state index in [2.05, 4.69) is 16.2 Å². The van der Waals surface area contributed by atoms with Crippen LogP contribution in [0.3, 0.4) is 0 Å². The van der Waals surface area contributed by atoms with E-state index in [9.17, 15) is 4.39 Å². The molecule has 0 aliphatic heterocycles. The van der Waals surface area contributed by atoms with Crippen molar-refractivity contribution < 1.29 is 4.39 Å². The van der Waals surface area contributed by atoms with Crippen molar-refractivity contribution in [2.45, 2.75) is 6.92 Å². The topological polar surface area (TPSA) is 36.1 Å². The van der Waals surface area contributed by atoms with Crippen molar-refractivity contribution in [1.82, 2.24) is 5.43 Å². The molecular weight excluding hydrogens is 297 g/mol. The van der Waals surface area contributed by atoms with E-state index < -0.39 is 0 Å². The van der Waals surface area contributed by atoms with Gasteiger partial charge in [-0.05, 0) is 49.0 Å². The molecule has 0 aliphatic carbocycles. The number of aryl methyl sites for hydroxylation is 1. The van der Waals surface area contributed by atoms with E-state index in [1.807, 2.05) is 18.2 Å². The number of nitrogens with one attached hydrogen (secondary N) is 3. The summed E-state index contributed by atoms with van der Waals surface area (Å²) < 4.78 is 13.4. The lowest BCUT2D eigenvalue weighted by Crippen LogP contribution is -2.33. The number of para-hydroxylation sites is 1. The molecule has 0 fully saturated rings. The van der Waals surface area contributed by atoms with Crippen LogP contribution in [0.15, 0.2) is 42.5 Å². The van der Waals surface area contributed by atoms with Crippen molar-refractivity contribution in [3.63, 3.8) is 0 Å². The van der Waals surface area contributed by atoms with Crippen LogP contribution in [0, 0.1) is 12.7 Å². The minimum absolute atomic E-state index is 0.281. The van der Waals surface area contributed by atoms with Crippen LogP contribution < -0.4 is 16.2 Å². The first-order valence-electron chi connectivity index (χ1n) is 5.90. The second kappa shape index (κ2) is 6.54. The summed E-state index contributed by atoms with van der Waals surface area (Å²) in [6.45, 7) is 1.70. The van der Waals surface area contributed by atoms with Gasteiger partial charge in [-0.3, -0.25) is 10.9 Å². The first-order chi connectivity index (χ1) is 9.56. The summed E-state index contributed by atoms with van der Waals surface area (Å²) in [6, 6.07) is 12.1. The van der Waals surface area contributed by atoms with Gasteiger partial charge in [0, 0.05) is 5.69 Å². The first-order valence-corrected chi connectivity index (χ1v) is 6.68. The predicted molar refractivity (Wildman–Crippen MR) is 85.6 cm³/mol. The molecule has 2 aromatic carbocycles. The van der Waals surface area contributed by atoms with Crippen LogP contribution in [0.2, 0.25) is 5.02 Å². The van der Waals surface area contributed by atoms with E-state index >= 15 is 0 Å². The quantitative estimate of drug-likeness (QED) is 0.589. The molecule has 2 rings (SSSR count). The van der Waals surface area contributed by atoms with Crippen molar-refractivity contribution >= 4 is 40.3 Å². The van der Waals surface area contributed by atoms with Crippen LogP contribution in [0.4, 0.5) is 15.8 Å². The summed E-state index contributed by atoms with van der Waals surface area (Å²) in [7, 11) is 0. The van der Waals surface area contributed by atoms with E-state index in [1.165, 1.54) is 6.07 Å². The lowest BCUT2D eigenvalue weighted by molar-refractivity contribution is 0.619. The van der Waals surface area contributed by atoms with Crippen LogP contribution in [0.25, 0.3) is 0 Å². The number of anilines is 2. The van der Waals surface area contributed by atoms with Crippen LogP contribution >= 0.6 is 23.8 Å². The summed E-state index contributed by atoms with van der Waals surface area (Å²) in [5, 5.41) is 3.76. The maximum atomic E-state index is 13.4. The maximum absolute atomic E-state index is 13.4. The number of hydrazine groups is 1. The second-order valence-electron chi connectivity index (χ2n) is 4.15. The molecule has 0 saturated heterocycles. The Morgan fingerprint density at radius 1 is 1.20 bits per heavy atom. The van der Waals surface area contributed by atoms with E-state index in [4.69, 9.17) is 23.8 Å². The molecule has 6 heteroatoms. The maximum Gasteiger partial charge on any atom is 0.189 e. The molecule has 0 atom stereocenters. The summed E-state index contributed by atoms with van der Waals surface area (Å²) in [6.07, 6.45) is 0. The predicted octanol–water partition coefficient (Wildman–Crippen LogP) is 4.10. The van der Waals surface area contributed by atoms with Gasteiger partial charge in [0.25, 0.3) is 0 Å². The van der Waals surface area contributed by atoms with Gasteiger partial charge in [0.15, 0.2) is 5.11 Å². The van der Waals surface area contributed by atoms with E-state index in [0.717, 1.165) is 0 Å². The molecule has 3 nitrogen and oxygen atoms in total. The molecule has 0 aliphatic rings. The number of hydrogen-bond acceptors (Lipinski definition) is 2. The van der Waals surface area contributed by atoms with Gasteiger partial charge in [-0.1, -0.05) is 29.8 Å². The molecule has 0 amide bonds. The molecule has 3 N–H and O–H groups in total. The van der Waals surface area contributed by atoms with Crippen molar-refractivity contribution in [3.8, 4) is 0 Å². The highest BCUT2D eigenvalue weighted by atomic mass is 35.5. The van der Waals surface area contributed by atoms with Gasteiger partial charge in [-0.15, -0.1) is 0 Å². The largest absolute Gasteiger partial charge is 0.331 e. The molecule has 0 aromatic heterocycles. The number of thiocarbonyl (C=S) groups is 1. The highest BCUT2D eigenvalue weighted by Gasteiger charge is 2.02. The molecule has 0 heterocycles. The Morgan fingerprint density at radius 3 is 2.65 bits per heavy atom. The third-order valence-electron chi connectivity index (χ3n) is 2.61. The van der Waals surface area contributed by atoms with Crippen LogP contribution in [-0.4, -0.2) is 5.11 Å². The monoisotopic (exact) mass is 309 g/mol. The molecule has 104 valence electrons. The van der Waals surface area contributed by atoms with Gasteiger partial charge >= 0.3 is 0 Å². The van der Waals surface area contributed by atoms with Gasteiger partial charge < -0.3 is 5.32 Å². The number of halogens is 2. The highest BCUT2D eigenvalue weighted by Crippen LogP contribution is 2.19. The third-order valence-corrected chi connectivity index (χ3v) is 3.15. The Labute approximate surface area is 127 Å². The Hall–Kier alpha value is -1.85. The van der Waals surface area contributed by atoms with Crippen molar-refractivity contribution in [3.05, 3.63) is 58.9 Å². The van der Waals surface area contributed by atoms with Gasteiger partial charge in [0.2, 0.25) is 0 Å². The summed E-state index contributed by atoms with van der Waals surface area (Å²) in [5.74, 6) is -0.281. The Kier molecular flexibility index (Phi) is 4.76. The first kappa shape index (κ1) is 14.6. The summed E-state index contributed by atoms with van der Waals surface area (Å²) >= 11 is 11.1. The summed E-state index contributed by atoms with van der Waals surface area (Å²) in [5.41, 5.74) is 7.53. The zero-order valence-electron chi connectivity index (χ0n) is 10.7. The van der Waals surface area contributed by atoms with Gasteiger partial charge in [0.1, 0.15) is 5.82 Å². The third kappa shape index (κ3) is 3.82. The highest BCUT2D eigenvalue weighted by molar-refractivity contribution is 7.80. The molecular formula is C14H13ClFN3S. The van der Waals surface area contributed by atoms with Crippen LogP contribution in [-0.2, 0) is 0 Å². The molecule has 20 heavy (non-hydrogen) atoms. The fourth-order valence-corrected chi connectivity index (χ4v) is 1.87. The standard InChI is InChI=1S/C14H13ClFN3S/c1-9-6-7-10(8-12(9)16)17-14(20)19-18-13-5-3-2-4-11(13)15/h2-8,18H,1H3,(H2,17,19,20). The minimum Gasteiger partial charge on any atom is -0.331 e. The fourth-order valence-electron chi connectivity index (χ4n) is 1.52. The normalized spacial score (nSPS) is 9.95. The van der Waals surface area contributed by atoms with Crippen molar-refractivity contribution in [2.75, 3.05) is 10.7 Å². The lowest BCUT2D eigenvalue weighted by Gasteiger charge is -2.13. The Balaban J connectivity index is 1.93. The SMILES string of the molecule is Cc1ccc(NC(=S)NNc2ccccc2Cl)cc1F. The molecule has 0 unspecified atom stereocenters. The van der Waals surface area contributed by atoms with Gasteiger partial charge in [-0.25, -0.2) is 4.39 Å². The number of hydrogen-bond donors (Lipinski definition) is 3. The minimum atomic E-state index is -0.281. The molecule has 0 saturated carbocycles. The smallest absolute Gasteiger partial charge is 0.189 e. The van der Waals surface area contributed by atoms with E-state index in [1.54, 1.807) is 25.1 Å². The van der Waals surface area contributed by atoms with Crippen LogP contribution in [0.5, 0.6) is 0 Å². The van der Waals surface area contributed by atoms with Gasteiger partial charge in [-0.2, -0.15) is 0 Å². The number of rotatable bonds is 3. The van der Waals surface area contributed by atoms with Gasteiger partial charge in [0.05, 0.1) is 10.7 Å². The zero-order chi connectivity index (χ0) is 14.5. The fraction of sp³-hybridized carbons (Fsp3) is 0.0714. The van der Waals surface area contributed by atoms with E-state index in [0.29, 0.717) is 27.1 Å². The summed E-state index contributed by atoms with van der Waals surface area (Å²) in [4.78, 5) is 0. The number of benzene rings is 2. The lowest BCUT2D eigenvalue weighted by atomic mass is 10.2. The molecule has 2 aromatic rings. The zero-order valence-corrected chi connectivity index (χ0v) is 12.3. The molecule has 0 spiro atoms. The Bertz CT molecular complexity index is 634. The molecule has 0 bridgehead atoms. The van der Waals surface area contributed by atoms with Crippen molar-refractivity contribution in [2.24, 2.45) is 0 Å². The average Bonchev–Trinajstić information content (AvgIpc) is 2.42. The van der Waals surface area contributed by atoms with Crippen molar-refractivity contribution in [1.29, 1.82) is 0 Å². The second-order valence-corrected chi connectivity index (χ2v) is 4.96. The van der Waals surface area contributed by atoms with Crippen LogP contribution in [0.1, 0.15) is 5.56 Å². The average molecular weight is 310 g/mol. The molecule has 0 radical (unpaired) electrons. The Morgan fingerprint density at radius 2 is 1.95 bits per heavy atom.